The average molecular weight is 349 g/mol. The molecule has 3 rings (SSSR count). The van der Waals surface area contributed by atoms with E-state index in [1.54, 1.807) is 0 Å². The molecule has 2 unspecified atom stereocenters. The summed E-state index contributed by atoms with van der Waals surface area (Å²) in [5, 5.41) is 7.92. The highest BCUT2D eigenvalue weighted by molar-refractivity contribution is 5.80. The fraction of sp³-hybridized carbons (Fsp3) is 0.778. The maximum atomic E-state index is 5.96. The number of ether oxygens (including phenoxy) is 2. The van der Waals surface area contributed by atoms with Crippen molar-refractivity contribution in [3.8, 4) is 0 Å². The van der Waals surface area contributed by atoms with Crippen LogP contribution in [0.3, 0.4) is 0 Å². The predicted molar refractivity (Wildman–Crippen MR) is 97.8 cm³/mol. The zero-order valence-corrected chi connectivity index (χ0v) is 15.9. The van der Waals surface area contributed by atoms with E-state index in [1.165, 1.54) is 11.3 Å². The van der Waals surface area contributed by atoms with Gasteiger partial charge in [-0.2, -0.15) is 5.10 Å². The van der Waals surface area contributed by atoms with Crippen LogP contribution in [0.15, 0.2) is 4.99 Å². The van der Waals surface area contributed by atoms with E-state index in [2.05, 4.69) is 29.2 Å². The second-order valence-corrected chi connectivity index (χ2v) is 6.85. The SMILES string of the molecule is CCNC(=NCc1c(C)nn(C)c1C)N1CCOC(C2CCCO2)C1. The van der Waals surface area contributed by atoms with Crippen molar-refractivity contribution in [2.75, 3.05) is 32.8 Å². The number of nitrogens with zero attached hydrogens (tertiary/aromatic N) is 4. The first-order valence-corrected chi connectivity index (χ1v) is 9.35. The van der Waals surface area contributed by atoms with Crippen LogP contribution in [0.1, 0.15) is 36.7 Å². The number of morpholine rings is 1. The van der Waals surface area contributed by atoms with Gasteiger partial charge in [-0.3, -0.25) is 4.68 Å². The van der Waals surface area contributed by atoms with Crippen molar-refractivity contribution >= 4 is 5.96 Å². The van der Waals surface area contributed by atoms with Gasteiger partial charge in [-0.25, -0.2) is 4.99 Å². The quantitative estimate of drug-likeness (QED) is 0.657. The Morgan fingerprint density at radius 3 is 2.72 bits per heavy atom. The molecule has 0 radical (unpaired) electrons. The van der Waals surface area contributed by atoms with E-state index in [-0.39, 0.29) is 12.2 Å². The summed E-state index contributed by atoms with van der Waals surface area (Å²) in [6.45, 7) is 11.0. The van der Waals surface area contributed by atoms with Crippen LogP contribution in [-0.2, 0) is 23.1 Å². The van der Waals surface area contributed by atoms with Gasteiger partial charge in [0.05, 0.1) is 24.9 Å². The van der Waals surface area contributed by atoms with Crippen LogP contribution in [-0.4, -0.2) is 65.7 Å². The number of aliphatic imine (C=N–C) groups is 1. The van der Waals surface area contributed by atoms with Crippen LogP contribution in [0, 0.1) is 13.8 Å². The normalized spacial score (nSPS) is 24.8. The monoisotopic (exact) mass is 349 g/mol. The van der Waals surface area contributed by atoms with Crippen molar-refractivity contribution in [3.63, 3.8) is 0 Å². The molecule has 0 spiro atoms. The maximum Gasteiger partial charge on any atom is 0.194 e. The van der Waals surface area contributed by atoms with Gasteiger partial charge in [-0.15, -0.1) is 0 Å². The van der Waals surface area contributed by atoms with Gasteiger partial charge >= 0.3 is 0 Å². The lowest BCUT2D eigenvalue weighted by Gasteiger charge is -2.37. The molecule has 7 heteroatoms. The second kappa shape index (κ2) is 8.19. The van der Waals surface area contributed by atoms with Crippen molar-refractivity contribution < 1.29 is 9.47 Å². The number of nitrogens with one attached hydrogen (secondary N) is 1. The molecule has 0 aliphatic carbocycles. The Hall–Kier alpha value is -1.60. The lowest BCUT2D eigenvalue weighted by molar-refractivity contribution is -0.0817. The number of hydrogen-bond donors (Lipinski definition) is 1. The lowest BCUT2D eigenvalue weighted by atomic mass is 10.1. The highest BCUT2D eigenvalue weighted by Gasteiger charge is 2.32. The van der Waals surface area contributed by atoms with E-state index in [0.29, 0.717) is 6.54 Å². The van der Waals surface area contributed by atoms with Crippen LogP contribution in [0.5, 0.6) is 0 Å². The van der Waals surface area contributed by atoms with Crippen molar-refractivity contribution in [1.29, 1.82) is 0 Å². The first kappa shape index (κ1) is 18.2. The summed E-state index contributed by atoms with van der Waals surface area (Å²) in [5.41, 5.74) is 3.44. The van der Waals surface area contributed by atoms with Crippen molar-refractivity contribution in [2.45, 2.75) is 52.4 Å². The smallest absolute Gasteiger partial charge is 0.194 e. The van der Waals surface area contributed by atoms with Gasteiger partial charge in [0.2, 0.25) is 0 Å². The summed E-state index contributed by atoms with van der Waals surface area (Å²) in [7, 11) is 1.98. The van der Waals surface area contributed by atoms with E-state index in [0.717, 1.165) is 57.3 Å². The van der Waals surface area contributed by atoms with Crippen LogP contribution < -0.4 is 5.32 Å². The van der Waals surface area contributed by atoms with E-state index in [9.17, 15) is 0 Å². The van der Waals surface area contributed by atoms with Crippen molar-refractivity contribution in [3.05, 3.63) is 17.0 Å². The first-order valence-electron chi connectivity index (χ1n) is 9.35. The standard InChI is InChI=1S/C18H31N5O2/c1-5-19-18(20-11-15-13(2)21-22(4)14(15)3)23-8-10-25-17(12-23)16-7-6-9-24-16/h16-17H,5-12H2,1-4H3,(H,19,20). The fourth-order valence-electron chi connectivity index (χ4n) is 3.61. The highest BCUT2D eigenvalue weighted by Crippen LogP contribution is 2.21. The van der Waals surface area contributed by atoms with Crippen molar-refractivity contribution in [2.24, 2.45) is 12.0 Å². The molecule has 1 N–H and O–H groups in total. The largest absolute Gasteiger partial charge is 0.375 e. The third kappa shape index (κ3) is 4.15. The Morgan fingerprint density at radius 1 is 1.28 bits per heavy atom. The van der Waals surface area contributed by atoms with Gasteiger partial charge < -0.3 is 19.7 Å². The molecular weight excluding hydrogens is 318 g/mol. The van der Waals surface area contributed by atoms with Gasteiger partial charge in [0.25, 0.3) is 0 Å². The van der Waals surface area contributed by atoms with E-state index >= 15 is 0 Å². The molecule has 0 saturated carbocycles. The van der Waals surface area contributed by atoms with Crippen LogP contribution >= 0.6 is 0 Å². The molecule has 140 valence electrons. The Morgan fingerprint density at radius 2 is 2.08 bits per heavy atom. The Labute approximate surface area is 150 Å². The maximum absolute atomic E-state index is 5.96. The number of rotatable bonds is 4. The molecule has 0 aromatic carbocycles. The molecule has 2 aliphatic rings. The molecule has 1 aromatic heterocycles. The van der Waals surface area contributed by atoms with Gasteiger partial charge in [0.1, 0.15) is 6.10 Å². The minimum Gasteiger partial charge on any atom is -0.375 e. The molecule has 2 atom stereocenters. The lowest BCUT2D eigenvalue weighted by Crippen LogP contribution is -2.53. The fourth-order valence-corrected chi connectivity index (χ4v) is 3.61. The molecular formula is C18H31N5O2. The summed E-state index contributed by atoms with van der Waals surface area (Å²) in [6.07, 6.45) is 2.61. The first-order chi connectivity index (χ1) is 12.1. The van der Waals surface area contributed by atoms with E-state index in [1.807, 2.05) is 18.7 Å². The molecule has 25 heavy (non-hydrogen) atoms. The second-order valence-electron chi connectivity index (χ2n) is 6.85. The third-order valence-electron chi connectivity index (χ3n) is 5.15. The summed E-state index contributed by atoms with van der Waals surface area (Å²) in [4.78, 5) is 7.19. The number of aromatic nitrogens is 2. The van der Waals surface area contributed by atoms with Crippen LogP contribution in [0.2, 0.25) is 0 Å². The Kier molecular flexibility index (Phi) is 5.96. The van der Waals surface area contributed by atoms with Gasteiger partial charge in [-0.1, -0.05) is 0 Å². The Balaban J connectivity index is 1.70. The summed E-state index contributed by atoms with van der Waals surface area (Å²) in [6, 6.07) is 0. The zero-order chi connectivity index (χ0) is 17.8. The number of guanidine groups is 1. The molecule has 7 nitrogen and oxygen atoms in total. The minimum atomic E-state index is 0.141. The number of hydrogen-bond acceptors (Lipinski definition) is 4. The molecule has 1 aromatic rings. The average Bonchev–Trinajstić information content (AvgIpc) is 3.22. The third-order valence-corrected chi connectivity index (χ3v) is 5.15. The van der Waals surface area contributed by atoms with Crippen molar-refractivity contribution in [1.82, 2.24) is 20.0 Å². The molecule has 2 fully saturated rings. The van der Waals surface area contributed by atoms with Gasteiger partial charge in [0, 0.05) is 44.5 Å². The summed E-state index contributed by atoms with van der Waals surface area (Å²) < 4.78 is 13.7. The van der Waals surface area contributed by atoms with Crippen LogP contribution in [0.25, 0.3) is 0 Å². The molecule has 3 heterocycles. The Bertz CT molecular complexity index is 607. The molecule has 2 saturated heterocycles. The highest BCUT2D eigenvalue weighted by atomic mass is 16.5. The predicted octanol–water partition coefficient (Wildman–Crippen LogP) is 1.38. The summed E-state index contributed by atoms with van der Waals surface area (Å²) in [5.74, 6) is 0.955. The van der Waals surface area contributed by atoms with Gasteiger partial charge in [-0.05, 0) is 33.6 Å². The summed E-state index contributed by atoms with van der Waals surface area (Å²) >= 11 is 0. The molecule has 2 aliphatic heterocycles. The number of aryl methyl sites for hydroxylation is 2. The van der Waals surface area contributed by atoms with E-state index < -0.39 is 0 Å². The van der Waals surface area contributed by atoms with E-state index in [4.69, 9.17) is 14.5 Å². The van der Waals surface area contributed by atoms with Gasteiger partial charge in [0.15, 0.2) is 5.96 Å². The molecule has 0 amide bonds. The zero-order valence-electron chi connectivity index (χ0n) is 15.9. The van der Waals surface area contributed by atoms with Crippen LogP contribution in [0.4, 0.5) is 0 Å². The topological polar surface area (TPSA) is 63.9 Å². The molecule has 0 bridgehead atoms. The minimum absolute atomic E-state index is 0.141.